The van der Waals surface area contributed by atoms with Crippen molar-refractivity contribution in [2.24, 2.45) is 0 Å². The van der Waals surface area contributed by atoms with Gasteiger partial charge in [0.15, 0.2) is 6.29 Å². The predicted molar refractivity (Wildman–Crippen MR) is 210 cm³/mol. The van der Waals surface area contributed by atoms with Gasteiger partial charge in [0.05, 0.1) is 19.8 Å². The van der Waals surface area contributed by atoms with Crippen LogP contribution in [0.1, 0.15) is 155 Å². The Labute approximate surface area is 316 Å². The van der Waals surface area contributed by atoms with Crippen LogP contribution >= 0.6 is 0 Å². The smallest absolute Gasteiger partial charge is 0.306 e. The van der Waals surface area contributed by atoms with Crippen molar-refractivity contribution in [1.29, 1.82) is 0 Å². The highest BCUT2D eigenvalue weighted by molar-refractivity contribution is 5.69. The molecule has 1 rings (SSSR count). The van der Waals surface area contributed by atoms with Crippen LogP contribution in [0.3, 0.4) is 0 Å². The topological polar surface area (TPSA) is 135 Å². The van der Waals surface area contributed by atoms with Gasteiger partial charge in [0.2, 0.25) is 0 Å². The van der Waals surface area contributed by atoms with E-state index in [2.05, 4.69) is 62.5 Å². The summed E-state index contributed by atoms with van der Waals surface area (Å²) in [6.45, 7) is 4.40. The standard InChI is InChI=1S/C43H76O9/c1-3-5-7-9-11-13-15-17-18-19-20-21-22-24-26-28-30-32-39(45)51-37(36-50-43-42(48)41(47)40(46)38(34-44)52-43)35-49-33-31-29-27-25-23-16-14-12-10-8-6-4-2/h5,7,11,13,17-18,20-21,37-38,40-44,46-48H,3-4,6,8-10,12,14-16,19,22-36H2,1-2H3/b7-5-,13-11-,18-17-,21-20-. The SMILES string of the molecule is CC/C=C\C/C=C\C/C=C\C/C=C\CCCCCCC(=O)OC(COCCCCCCCCCCCCCC)COC1OC(CO)C(O)C(O)C1O. The van der Waals surface area contributed by atoms with Gasteiger partial charge in [-0.25, -0.2) is 0 Å². The lowest BCUT2D eigenvalue weighted by Gasteiger charge is -2.39. The molecule has 0 radical (unpaired) electrons. The Morgan fingerprint density at radius 1 is 0.635 bits per heavy atom. The molecule has 1 aliphatic heterocycles. The van der Waals surface area contributed by atoms with Crippen molar-refractivity contribution in [3.63, 3.8) is 0 Å². The van der Waals surface area contributed by atoms with Gasteiger partial charge >= 0.3 is 5.97 Å². The van der Waals surface area contributed by atoms with E-state index in [-0.39, 0.29) is 19.2 Å². The van der Waals surface area contributed by atoms with Gasteiger partial charge in [0.1, 0.15) is 30.5 Å². The van der Waals surface area contributed by atoms with Crippen molar-refractivity contribution in [1.82, 2.24) is 0 Å². The Balaban J connectivity index is 2.32. The molecule has 1 aliphatic rings. The Morgan fingerprint density at radius 2 is 1.17 bits per heavy atom. The van der Waals surface area contributed by atoms with E-state index in [1.807, 2.05) is 0 Å². The number of unbranched alkanes of at least 4 members (excludes halogenated alkanes) is 15. The van der Waals surface area contributed by atoms with Crippen LogP contribution in [0.15, 0.2) is 48.6 Å². The van der Waals surface area contributed by atoms with Gasteiger partial charge in [0, 0.05) is 13.0 Å². The van der Waals surface area contributed by atoms with E-state index in [1.54, 1.807) is 0 Å². The molecule has 0 aromatic heterocycles. The third kappa shape index (κ3) is 26.0. The monoisotopic (exact) mass is 737 g/mol. The highest BCUT2D eigenvalue weighted by atomic mass is 16.7. The highest BCUT2D eigenvalue weighted by Crippen LogP contribution is 2.22. The molecule has 0 aromatic carbocycles. The molecule has 9 heteroatoms. The van der Waals surface area contributed by atoms with E-state index in [1.165, 1.54) is 64.2 Å². The van der Waals surface area contributed by atoms with Crippen LogP contribution in [0, 0.1) is 0 Å². The molecule has 4 N–H and O–H groups in total. The fraction of sp³-hybridized carbons (Fsp3) is 0.791. The minimum Gasteiger partial charge on any atom is -0.457 e. The average molecular weight is 737 g/mol. The number of carbonyl (C=O) groups is 1. The highest BCUT2D eigenvalue weighted by Gasteiger charge is 2.44. The van der Waals surface area contributed by atoms with E-state index in [4.69, 9.17) is 18.9 Å². The molecule has 0 spiro atoms. The summed E-state index contributed by atoms with van der Waals surface area (Å²) < 4.78 is 22.7. The van der Waals surface area contributed by atoms with Crippen molar-refractivity contribution in [2.45, 2.75) is 192 Å². The molecule has 1 heterocycles. The molecule has 0 amide bonds. The number of rotatable bonds is 34. The van der Waals surface area contributed by atoms with Crippen molar-refractivity contribution < 1.29 is 44.2 Å². The summed E-state index contributed by atoms with van der Waals surface area (Å²) in [4.78, 5) is 12.7. The first-order valence-corrected chi connectivity index (χ1v) is 20.7. The Hall–Kier alpha value is -1.85. The van der Waals surface area contributed by atoms with Crippen LogP contribution in [0.4, 0.5) is 0 Å². The zero-order valence-electron chi connectivity index (χ0n) is 32.8. The van der Waals surface area contributed by atoms with Crippen LogP contribution < -0.4 is 0 Å². The molecule has 52 heavy (non-hydrogen) atoms. The minimum atomic E-state index is -1.54. The maximum Gasteiger partial charge on any atom is 0.306 e. The molecule has 9 nitrogen and oxygen atoms in total. The van der Waals surface area contributed by atoms with Crippen LogP contribution in [0.2, 0.25) is 0 Å². The maximum absolute atomic E-state index is 12.7. The van der Waals surface area contributed by atoms with E-state index in [0.717, 1.165) is 70.6 Å². The number of hydrogen-bond donors (Lipinski definition) is 4. The molecular formula is C43H76O9. The fourth-order valence-electron chi connectivity index (χ4n) is 6.01. The Kier molecular flexibility index (Phi) is 32.3. The normalized spacial score (nSPS) is 21.7. The summed E-state index contributed by atoms with van der Waals surface area (Å²) in [5.41, 5.74) is 0. The Morgan fingerprint density at radius 3 is 1.77 bits per heavy atom. The largest absolute Gasteiger partial charge is 0.457 e. The first kappa shape index (κ1) is 48.2. The van der Waals surface area contributed by atoms with Gasteiger partial charge in [-0.2, -0.15) is 0 Å². The third-order valence-electron chi connectivity index (χ3n) is 9.26. The first-order chi connectivity index (χ1) is 25.4. The van der Waals surface area contributed by atoms with Gasteiger partial charge in [-0.3, -0.25) is 4.79 Å². The number of ether oxygens (including phenoxy) is 4. The van der Waals surface area contributed by atoms with Gasteiger partial charge < -0.3 is 39.4 Å². The van der Waals surface area contributed by atoms with Crippen LogP contribution in [0.25, 0.3) is 0 Å². The molecule has 0 aromatic rings. The number of carbonyl (C=O) groups excluding carboxylic acids is 1. The fourth-order valence-corrected chi connectivity index (χ4v) is 6.01. The second-order valence-corrected chi connectivity index (χ2v) is 14.1. The van der Waals surface area contributed by atoms with E-state index in [0.29, 0.717) is 13.0 Å². The number of hydrogen-bond acceptors (Lipinski definition) is 9. The Bertz CT molecular complexity index is 932. The first-order valence-electron chi connectivity index (χ1n) is 20.7. The number of allylic oxidation sites excluding steroid dienone is 8. The van der Waals surface area contributed by atoms with Crippen molar-refractivity contribution in [3.8, 4) is 0 Å². The van der Waals surface area contributed by atoms with Gasteiger partial charge in [-0.1, -0.05) is 146 Å². The molecule has 0 saturated carbocycles. The maximum atomic E-state index is 12.7. The summed E-state index contributed by atoms with van der Waals surface area (Å²) in [5.74, 6) is -0.338. The van der Waals surface area contributed by atoms with E-state index in [9.17, 15) is 25.2 Å². The van der Waals surface area contributed by atoms with E-state index >= 15 is 0 Å². The molecular weight excluding hydrogens is 660 g/mol. The average Bonchev–Trinajstić information content (AvgIpc) is 3.14. The molecule has 302 valence electrons. The summed E-state index contributed by atoms with van der Waals surface area (Å²) >= 11 is 0. The van der Waals surface area contributed by atoms with Crippen molar-refractivity contribution >= 4 is 5.97 Å². The van der Waals surface area contributed by atoms with Crippen LogP contribution in [0.5, 0.6) is 0 Å². The summed E-state index contributed by atoms with van der Waals surface area (Å²) in [6, 6.07) is 0. The molecule has 0 bridgehead atoms. The van der Waals surface area contributed by atoms with Crippen LogP contribution in [-0.2, 0) is 23.7 Å². The zero-order valence-corrected chi connectivity index (χ0v) is 32.8. The lowest BCUT2D eigenvalue weighted by atomic mass is 9.99. The second-order valence-electron chi connectivity index (χ2n) is 14.1. The molecule has 1 saturated heterocycles. The molecule has 6 unspecified atom stereocenters. The lowest BCUT2D eigenvalue weighted by Crippen LogP contribution is -2.59. The van der Waals surface area contributed by atoms with Crippen molar-refractivity contribution in [3.05, 3.63) is 48.6 Å². The molecule has 6 atom stereocenters. The van der Waals surface area contributed by atoms with Gasteiger partial charge in [-0.15, -0.1) is 0 Å². The predicted octanol–water partition coefficient (Wildman–Crippen LogP) is 8.58. The minimum absolute atomic E-state index is 0.123. The third-order valence-corrected chi connectivity index (χ3v) is 9.26. The quantitative estimate of drug-likeness (QED) is 0.0291. The zero-order chi connectivity index (χ0) is 37.9. The van der Waals surface area contributed by atoms with Gasteiger partial charge in [0.25, 0.3) is 0 Å². The molecule has 0 aliphatic carbocycles. The number of aliphatic hydroxyl groups is 4. The number of esters is 1. The van der Waals surface area contributed by atoms with Crippen LogP contribution in [-0.4, -0.2) is 89.6 Å². The summed E-state index contributed by atoms with van der Waals surface area (Å²) in [6.07, 6.45) is 34.2. The second kappa shape index (κ2) is 34.9. The van der Waals surface area contributed by atoms with Crippen molar-refractivity contribution in [2.75, 3.05) is 26.4 Å². The van der Waals surface area contributed by atoms with E-state index < -0.39 is 43.4 Å². The summed E-state index contributed by atoms with van der Waals surface area (Å²) in [5, 5.41) is 40.0. The molecule has 1 fully saturated rings. The summed E-state index contributed by atoms with van der Waals surface area (Å²) in [7, 11) is 0. The van der Waals surface area contributed by atoms with Gasteiger partial charge in [-0.05, 0) is 51.4 Å². The number of aliphatic hydroxyl groups excluding tert-OH is 4. The lowest BCUT2D eigenvalue weighted by molar-refractivity contribution is -0.305.